The Morgan fingerprint density at radius 2 is 2.13 bits per heavy atom. The van der Waals surface area contributed by atoms with Crippen molar-refractivity contribution in [2.45, 2.75) is 26.9 Å². The van der Waals surface area contributed by atoms with E-state index in [4.69, 9.17) is 17.0 Å². The molecule has 3 rings (SSSR count). The van der Waals surface area contributed by atoms with Gasteiger partial charge in [-0.2, -0.15) is 0 Å². The van der Waals surface area contributed by atoms with Crippen LogP contribution in [0.15, 0.2) is 40.8 Å². The van der Waals surface area contributed by atoms with E-state index in [-0.39, 0.29) is 12.0 Å². The third-order valence-corrected chi connectivity index (χ3v) is 5.11. The molecule has 23 heavy (non-hydrogen) atoms. The molecule has 1 fully saturated rings. The summed E-state index contributed by atoms with van der Waals surface area (Å²) in [6.07, 6.45) is 3.91. The number of fused-ring (bicyclic) bond motifs is 1. The first-order chi connectivity index (χ1) is 11.0. The first-order valence-corrected chi connectivity index (χ1v) is 8.91. The SMILES string of the molecule is CC(C)CN1C(=O)/C(=C\C2=Cc3ccccc3O[C@H]2C)SC1=S. The Kier molecular flexibility index (Phi) is 4.60. The Morgan fingerprint density at radius 1 is 1.39 bits per heavy atom. The molecule has 0 bridgehead atoms. The van der Waals surface area contributed by atoms with Crippen LogP contribution >= 0.6 is 24.0 Å². The fourth-order valence-electron chi connectivity index (χ4n) is 2.60. The quantitative estimate of drug-likeness (QED) is 0.605. The summed E-state index contributed by atoms with van der Waals surface area (Å²) in [4.78, 5) is 14.9. The van der Waals surface area contributed by atoms with Crippen molar-refractivity contribution in [2.75, 3.05) is 6.54 Å². The average Bonchev–Trinajstić information content (AvgIpc) is 2.75. The van der Waals surface area contributed by atoms with Gasteiger partial charge in [0.05, 0.1) is 4.91 Å². The lowest BCUT2D eigenvalue weighted by Gasteiger charge is -2.23. The number of thioether (sulfide) groups is 1. The number of carbonyl (C=O) groups is 1. The molecule has 0 aromatic heterocycles. The lowest BCUT2D eigenvalue weighted by Crippen LogP contribution is -2.31. The smallest absolute Gasteiger partial charge is 0.266 e. The van der Waals surface area contributed by atoms with E-state index in [1.807, 2.05) is 37.3 Å². The van der Waals surface area contributed by atoms with Crippen LogP contribution in [-0.2, 0) is 4.79 Å². The van der Waals surface area contributed by atoms with E-state index in [1.165, 1.54) is 11.8 Å². The molecule has 0 unspecified atom stereocenters. The second-order valence-corrected chi connectivity index (χ2v) is 7.80. The number of nitrogens with zero attached hydrogens (tertiary/aromatic N) is 1. The van der Waals surface area contributed by atoms with Crippen molar-refractivity contribution >= 4 is 40.3 Å². The van der Waals surface area contributed by atoms with Gasteiger partial charge in [-0.25, -0.2) is 0 Å². The zero-order chi connectivity index (χ0) is 16.6. The van der Waals surface area contributed by atoms with Crippen molar-refractivity contribution in [2.24, 2.45) is 5.92 Å². The van der Waals surface area contributed by atoms with Gasteiger partial charge in [0.15, 0.2) is 0 Å². The molecule has 120 valence electrons. The number of ether oxygens (including phenoxy) is 1. The maximum atomic E-state index is 12.6. The van der Waals surface area contributed by atoms with Gasteiger partial charge in [0.1, 0.15) is 16.2 Å². The highest BCUT2D eigenvalue weighted by Gasteiger charge is 2.33. The number of hydrogen-bond donors (Lipinski definition) is 0. The molecule has 5 heteroatoms. The van der Waals surface area contributed by atoms with Crippen LogP contribution in [0.5, 0.6) is 5.75 Å². The number of hydrogen-bond acceptors (Lipinski definition) is 4. The summed E-state index contributed by atoms with van der Waals surface area (Å²) in [5, 5.41) is 0. The molecular weight excluding hydrogens is 326 g/mol. The van der Waals surface area contributed by atoms with Gasteiger partial charge in [-0.3, -0.25) is 9.69 Å². The van der Waals surface area contributed by atoms with E-state index >= 15 is 0 Å². The van der Waals surface area contributed by atoms with Gasteiger partial charge in [0.25, 0.3) is 5.91 Å². The fraction of sp³-hybridized carbons (Fsp3) is 0.333. The molecule has 3 nitrogen and oxygen atoms in total. The summed E-state index contributed by atoms with van der Waals surface area (Å²) in [5.74, 6) is 1.27. The van der Waals surface area contributed by atoms with Crippen molar-refractivity contribution < 1.29 is 9.53 Å². The molecule has 1 aromatic carbocycles. The van der Waals surface area contributed by atoms with Crippen LogP contribution in [0.25, 0.3) is 6.08 Å². The number of benzene rings is 1. The van der Waals surface area contributed by atoms with Gasteiger partial charge in [-0.05, 0) is 36.6 Å². The number of amides is 1. The summed E-state index contributed by atoms with van der Waals surface area (Å²) in [6, 6.07) is 7.91. The molecule has 2 heterocycles. The molecule has 0 radical (unpaired) electrons. The third kappa shape index (κ3) is 3.35. The van der Waals surface area contributed by atoms with Crippen molar-refractivity contribution in [3.05, 3.63) is 46.4 Å². The van der Waals surface area contributed by atoms with Crippen LogP contribution in [0.1, 0.15) is 26.3 Å². The third-order valence-electron chi connectivity index (χ3n) is 3.73. The normalized spacial score (nSPS) is 22.4. The molecule has 0 N–H and O–H groups in total. The van der Waals surface area contributed by atoms with E-state index in [2.05, 4.69) is 19.9 Å². The average molecular weight is 345 g/mol. The van der Waals surface area contributed by atoms with Crippen LogP contribution in [0.3, 0.4) is 0 Å². The maximum absolute atomic E-state index is 12.6. The topological polar surface area (TPSA) is 29.5 Å². The predicted octanol–water partition coefficient (Wildman–Crippen LogP) is 4.25. The number of thiocarbonyl (C=S) groups is 1. The van der Waals surface area contributed by atoms with Crippen molar-refractivity contribution in [3.63, 3.8) is 0 Å². The van der Waals surface area contributed by atoms with Gasteiger partial charge in [0, 0.05) is 12.1 Å². The first kappa shape index (κ1) is 16.3. The van der Waals surface area contributed by atoms with E-state index in [0.717, 1.165) is 16.9 Å². The molecule has 1 amide bonds. The Labute approximate surface area is 146 Å². The van der Waals surface area contributed by atoms with Crippen molar-refractivity contribution in [3.8, 4) is 5.75 Å². The number of carbonyl (C=O) groups excluding carboxylic acids is 1. The lowest BCUT2D eigenvalue weighted by molar-refractivity contribution is -0.122. The van der Waals surface area contributed by atoms with Crippen LogP contribution < -0.4 is 4.74 Å². The molecule has 0 aliphatic carbocycles. The van der Waals surface area contributed by atoms with Crippen molar-refractivity contribution in [1.82, 2.24) is 4.90 Å². The zero-order valence-corrected chi connectivity index (χ0v) is 15.0. The van der Waals surface area contributed by atoms with E-state index < -0.39 is 0 Å². The Bertz CT molecular complexity index is 721. The number of rotatable bonds is 3. The second kappa shape index (κ2) is 6.49. The number of para-hydroxylation sites is 1. The molecule has 2 aliphatic rings. The predicted molar refractivity (Wildman–Crippen MR) is 99.3 cm³/mol. The molecule has 1 aromatic rings. The largest absolute Gasteiger partial charge is 0.485 e. The Morgan fingerprint density at radius 3 is 2.87 bits per heavy atom. The maximum Gasteiger partial charge on any atom is 0.266 e. The summed E-state index contributed by atoms with van der Waals surface area (Å²) >= 11 is 6.72. The van der Waals surface area contributed by atoms with E-state index in [9.17, 15) is 4.79 Å². The summed E-state index contributed by atoms with van der Waals surface area (Å²) in [7, 11) is 0. The van der Waals surface area contributed by atoms with Gasteiger partial charge >= 0.3 is 0 Å². The highest BCUT2D eigenvalue weighted by molar-refractivity contribution is 8.26. The monoisotopic (exact) mass is 345 g/mol. The molecule has 0 spiro atoms. The minimum Gasteiger partial charge on any atom is -0.485 e. The van der Waals surface area contributed by atoms with Crippen LogP contribution in [0.4, 0.5) is 0 Å². The van der Waals surface area contributed by atoms with Gasteiger partial charge in [-0.1, -0.05) is 56.0 Å². The van der Waals surface area contributed by atoms with Gasteiger partial charge in [0.2, 0.25) is 0 Å². The van der Waals surface area contributed by atoms with Gasteiger partial charge < -0.3 is 4.74 Å². The Hall–Kier alpha value is -1.59. The summed E-state index contributed by atoms with van der Waals surface area (Å²) in [6.45, 7) is 6.82. The molecule has 0 saturated carbocycles. The van der Waals surface area contributed by atoms with Crippen LogP contribution in [0, 0.1) is 5.92 Å². The fourth-order valence-corrected chi connectivity index (χ4v) is 3.87. The van der Waals surface area contributed by atoms with Crippen molar-refractivity contribution in [1.29, 1.82) is 0 Å². The van der Waals surface area contributed by atoms with Crippen LogP contribution in [-0.4, -0.2) is 27.8 Å². The van der Waals surface area contributed by atoms with E-state index in [0.29, 0.717) is 21.7 Å². The minimum atomic E-state index is -0.0847. The van der Waals surface area contributed by atoms with Crippen LogP contribution in [0.2, 0.25) is 0 Å². The second-order valence-electron chi connectivity index (χ2n) is 6.13. The summed E-state index contributed by atoms with van der Waals surface area (Å²) < 4.78 is 6.57. The molecular formula is C18H19NO2S2. The summed E-state index contributed by atoms with van der Waals surface area (Å²) in [5.41, 5.74) is 2.03. The molecule has 2 aliphatic heterocycles. The Balaban J connectivity index is 1.89. The zero-order valence-electron chi connectivity index (χ0n) is 13.4. The first-order valence-electron chi connectivity index (χ1n) is 7.68. The minimum absolute atomic E-state index is 0.000610. The standard InChI is InChI=1S/C18H19NO2S2/c1-11(2)10-19-17(20)16(23-18(19)22)9-14-8-13-6-4-5-7-15(13)21-12(14)3/h4-9,11-12H,10H2,1-3H3/b16-9+/t12-/m0/s1. The highest BCUT2D eigenvalue weighted by atomic mass is 32.2. The molecule has 1 saturated heterocycles. The molecule has 1 atom stereocenters. The van der Waals surface area contributed by atoms with Gasteiger partial charge in [-0.15, -0.1) is 0 Å². The highest BCUT2D eigenvalue weighted by Crippen LogP contribution is 2.35. The van der Waals surface area contributed by atoms with E-state index in [1.54, 1.807) is 4.90 Å². The lowest BCUT2D eigenvalue weighted by atomic mass is 10.0.